The highest BCUT2D eigenvalue weighted by Gasteiger charge is 2.37. The molecule has 0 bridgehead atoms. The van der Waals surface area contributed by atoms with Crippen LogP contribution < -0.4 is 19.9 Å². The summed E-state index contributed by atoms with van der Waals surface area (Å²) in [4.78, 5) is 0. The highest BCUT2D eigenvalue weighted by atomic mass is 16.5. The summed E-state index contributed by atoms with van der Waals surface area (Å²) in [7, 11) is 3.21. The zero-order valence-corrected chi connectivity index (χ0v) is 18.2. The number of methoxy groups -OCH3 is 2. The number of aromatic amines is 1. The van der Waals surface area contributed by atoms with Gasteiger partial charge in [-0.15, -0.1) is 5.10 Å². The summed E-state index contributed by atoms with van der Waals surface area (Å²) in [6.45, 7) is 6.14. The molecule has 0 saturated carbocycles. The Bertz CT molecular complexity index is 1230. The number of aryl methyl sites for hydroxylation is 3. The quantitative estimate of drug-likeness (QED) is 0.659. The van der Waals surface area contributed by atoms with Gasteiger partial charge in [-0.2, -0.15) is 5.26 Å². The summed E-state index contributed by atoms with van der Waals surface area (Å²) < 4.78 is 16.8. The third-order valence-corrected chi connectivity index (χ3v) is 5.64. The smallest absolute Gasteiger partial charge is 0.244 e. The minimum atomic E-state index is -0.431. The summed E-state index contributed by atoms with van der Waals surface area (Å²) in [5.41, 5.74) is 13.0. The van der Waals surface area contributed by atoms with Gasteiger partial charge >= 0.3 is 0 Å². The molecule has 0 aliphatic carbocycles. The van der Waals surface area contributed by atoms with Gasteiger partial charge in [-0.1, -0.05) is 17.7 Å². The van der Waals surface area contributed by atoms with E-state index >= 15 is 0 Å². The lowest BCUT2D eigenvalue weighted by molar-refractivity contribution is 0.378. The zero-order valence-electron chi connectivity index (χ0n) is 18.2. The van der Waals surface area contributed by atoms with Crippen LogP contribution in [-0.2, 0) is 0 Å². The Kier molecular flexibility index (Phi) is 5.07. The van der Waals surface area contributed by atoms with E-state index in [0.29, 0.717) is 28.6 Å². The van der Waals surface area contributed by atoms with Crippen LogP contribution in [-0.4, -0.2) is 24.4 Å². The molecule has 0 radical (unpaired) electrons. The number of benzene rings is 2. The molecule has 0 fully saturated rings. The second-order valence-electron chi connectivity index (χ2n) is 7.62. The van der Waals surface area contributed by atoms with Crippen LogP contribution in [0.2, 0.25) is 0 Å². The molecule has 2 aromatic carbocycles. The Labute approximate surface area is 181 Å². The van der Waals surface area contributed by atoms with Crippen molar-refractivity contribution in [3.05, 3.63) is 69.6 Å². The number of H-pyrrole nitrogens is 1. The predicted molar refractivity (Wildman–Crippen MR) is 117 cm³/mol. The first-order valence-electron chi connectivity index (χ1n) is 9.85. The van der Waals surface area contributed by atoms with Crippen molar-refractivity contribution in [3.63, 3.8) is 0 Å². The number of hydrogen-bond acceptors (Lipinski definition) is 6. The van der Waals surface area contributed by atoms with Gasteiger partial charge in [0.25, 0.3) is 0 Å². The number of nitriles is 1. The Morgan fingerprint density at radius 1 is 1.06 bits per heavy atom. The van der Waals surface area contributed by atoms with Crippen molar-refractivity contribution in [2.75, 3.05) is 14.2 Å². The monoisotopic (exact) mass is 416 g/mol. The number of nitrogens with two attached hydrogens (primary N) is 1. The van der Waals surface area contributed by atoms with E-state index in [1.54, 1.807) is 14.2 Å². The van der Waals surface area contributed by atoms with Crippen LogP contribution in [0.25, 0.3) is 11.3 Å². The van der Waals surface area contributed by atoms with Gasteiger partial charge in [0.1, 0.15) is 23.1 Å². The van der Waals surface area contributed by atoms with Crippen LogP contribution in [0, 0.1) is 32.1 Å². The molecular weight excluding hydrogens is 392 g/mol. The first-order valence-corrected chi connectivity index (χ1v) is 9.85. The van der Waals surface area contributed by atoms with Gasteiger partial charge in [-0.3, -0.25) is 5.10 Å². The molecule has 0 saturated heterocycles. The van der Waals surface area contributed by atoms with Gasteiger partial charge < -0.3 is 19.9 Å². The number of nitrogens with one attached hydrogen (secondary N) is 1. The Hall–Kier alpha value is -3.92. The molecule has 4 rings (SSSR count). The summed E-state index contributed by atoms with van der Waals surface area (Å²) in [6.07, 6.45) is 0. The van der Waals surface area contributed by atoms with Crippen molar-refractivity contribution in [1.82, 2.24) is 10.2 Å². The van der Waals surface area contributed by atoms with Gasteiger partial charge in [0.2, 0.25) is 11.8 Å². The molecule has 0 unspecified atom stereocenters. The van der Waals surface area contributed by atoms with Gasteiger partial charge in [-0.05, 0) is 55.7 Å². The first-order chi connectivity index (χ1) is 14.9. The fourth-order valence-electron chi connectivity index (χ4n) is 4.39. The summed E-state index contributed by atoms with van der Waals surface area (Å²) in [5, 5.41) is 17.4. The number of nitrogens with zero attached hydrogens (tertiary/aromatic N) is 2. The molecule has 0 amide bonds. The maximum Gasteiger partial charge on any atom is 0.244 e. The maximum absolute atomic E-state index is 9.99. The highest BCUT2D eigenvalue weighted by Crippen LogP contribution is 2.49. The molecule has 1 aromatic heterocycles. The van der Waals surface area contributed by atoms with Gasteiger partial charge in [0.15, 0.2) is 0 Å². The molecule has 0 spiro atoms. The number of rotatable bonds is 4. The van der Waals surface area contributed by atoms with Crippen molar-refractivity contribution in [3.8, 4) is 34.7 Å². The standard InChI is InChI=1S/C24H24N4O3/c1-12-8-13(2)19(14(3)9-12)20-17(11-25)23(26)31-24-21(20)22(27-28-24)16-10-15(29-4)6-7-18(16)30-5/h6-10,20H,26H2,1-5H3,(H,27,28)/t20-/m1/s1. The molecule has 7 heteroatoms. The summed E-state index contributed by atoms with van der Waals surface area (Å²) in [5.74, 6) is 1.30. The van der Waals surface area contributed by atoms with Crippen molar-refractivity contribution < 1.29 is 14.2 Å². The second kappa shape index (κ2) is 7.73. The topological polar surface area (TPSA) is 106 Å². The van der Waals surface area contributed by atoms with E-state index in [9.17, 15) is 5.26 Å². The molecule has 3 N–H and O–H groups in total. The van der Waals surface area contributed by atoms with Gasteiger partial charge in [-0.25, -0.2) is 0 Å². The number of ether oxygens (including phenoxy) is 3. The average molecular weight is 416 g/mol. The largest absolute Gasteiger partial charge is 0.497 e. The lowest BCUT2D eigenvalue weighted by atomic mass is 9.78. The van der Waals surface area contributed by atoms with E-state index in [-0.39, 0.29) is 5.88 Å². The maximum atomic E-state index is 9.99. The minimum Gasteiger partial charge on any atom is -0.497 e. The van der Waals surface area contributed by atoms with E-state index in [1.807, 2.05) is 32.0 Å². The normalized spacial score (nSPS) is 15.2. The summed E-state index contributed by atoms with van der Waals surface area (Å²) in [6, 6.07) is 12.0. The average Bonchev–Trinajstić information content (AvgIpc) is 3.15. The Balaban J connectivity index is 2.03. The number of allylic oxidation sites excluding steroid dienone is 1. The number of aromatic nitrogens is 2. The summed E-state index contributed by atoms with van der Waals surface area (Å²) >= 11 is 0. The lowest BCUT2D eigenvalue weighted by Gasteiger charge is -2.27. The van der Waals surface area contributed by atoms with E-state index in [1.165, 1.54) is 0 Å². The van der Waals surface area contributed by atoms with Crippen LogP contribution in [0.5, 0.6) is 17.4 Å². The molecule has 1 aliphatic rings. The fraction of sp³-hybridized carbons (Fsp3) is 0.250. The zero-order chi connectivity index (χ0) is 22.3. The molecule has 1 atom stereocenters. The van der Waals surface area contributed by atoms with E-state index in [4.69, 9.17) is 19.9 Å². The number of hydrogen-bond donors (Lipinski definition) is 2. The molecule has 1 aliphatic heterocycles. The van der Waals surface area contributed by atoms with Crippen molar-refractivity contribution in [2.24, 2.45) is 5.73 Å². The van der Waals surface area contributed by atoms with Crippen LogP contribution in [0.4, 0.5) is 0 Å². The third-order valence-electron chi connectivity index (χ3n) is 5.64. The lowest BCUT2D eigenvalue weighted by Crippen LogP contribution is -2.22. The molecular formula is C24H24N4O3. The minimum absolute atomic E-state index is 0.0648. The molecule has 2 heterocycles. The first kappa shape index (κ1) is 20.4. The van der Waals surface area contributed by atoms with E-state index < -0.39 is 5.92 Å². The molecule has 158 valence electrons. The van der Waals surface area contributed by atoms with Crippen molar-refractivity contribution in [1.29, 1.82) is 5.26 Å². The SMILES string of the molecule is COc1ccc(OC)c(-c2[nH]nc3c2[C@@H](c2c(C)cc(C)cc2C)C(C#N)=C(N)O3)c1. The van der Waals surface area contributed by atoms with Crippen molar-refractivity contribution >= 4 is 0 Å². The van der Waals surface area contributed by atoms with Gasteiger partial charge in [0, 0.05) is 5.56 Å². The predicted octanol–water partition coefficient (Wildman–Crippen LogP) is 4.24. The van der Waals surface area contributed by atoms with Crippen molar-refractivity contribution in [2.45, 2.75) is 26.7 Å². The third kappa shape index (κ3) is 3.26. The second-order valence-corrected chi connectivity index (χ2v) is 7.62. The highest BCUT2D eigenvalue weighted by molar-refractivity contribution is 5.76. The Morgan fingerprint density at radius 2 is 1.77 bits per heavy atom. The Morgan fingerprint density at radius 3 is 2.39 bits per heavy atom. The van der Waals surface area contributed by atoms with E-state index in [2.05, 4.69) is 35.3 Å². The number of fused-ring (bicyclic) bond motifs is 1. The van der Waals surface area contributed by atoms with Crippen LogP contribution in [0.15, 0.2) is 41.8 Å². The van der Waals surface area contributed by atoms with Crippen LogP contribution in [0.3, 0.4) is 0 Å². The molecule has 7 nitrogen and oxygen atoms in total. The van der Waals surface area contributed by atoms with Crippen LogP contribution >= 0.6 is 0 Å². The molecule has 31 heavy (non-hydrogen) atoms. The van der Waals surface area contributed by atoms with E-state index in [0.717, 1.165) is 33.4 Å². The van der Waals surface area contributed by atoms with Crippen LogP contribution in [0.1, 0.15) is 33.7 Å². The molecule has 3 aromatic rings. The van der Waals surface area contributed by atoms with Gasteiger partial charge in [0.05, 0.1) is 31.4 Å². The fourth-order valence-corrected chi connectivity index (χ4v) is 4.39.